The Labute approximate surface area is 206 Å². The number of aromatic nitrogens is 2. The highest BCUT2D eigenvalue weighted by Crippen LogP contribution is 2.44. The van der Waals surface area contributed by atoms with Gasteiger partial charge in [0, 0.05) is 28.6 Å². The first kappa shape index (κ1) is 21.7. The lowest BCUT2D eigenvalue weighted by Crippen LogP contribution is -2.47. The zero-order valence-corrected chi connectivity index (χ0v) is 21.2. The van der Waals surface area contributed by atoms with Crippen LogP contribution in [-0.4, -0.2) is 17.2 Å². The second-order valence-corrected chi connectivity index (χ2v) is 9.86. The molecule has 0 saturated carbocycles. The van der Waals surface area contributed by atoms with Crippen molar-refractivity contribution in [3.8, 4) is 11.3 Å². The molecule has 3 aromatic heterocycles. The van der Waals surface area contributed by atoms with Crippen LogP contribution in [0.2, 0.25) is 0 Å². The predicted octanol–water partition coefficient (Wildman–Crippen LogP) is 6.80. The third-order valence-corrected chi connectivity index (χ3v) is 7.31. The van der Waals surface area contributed by atoms with Crippen LogP contribution in [0, 0.1) is 13.8 Å². The van der Waals surface area contributed by atoms with Crippen LogP contribution in [0.15, 0.2) is 71.1 Å². The number of furan rings is 1. The molecule has 0 saturated heterocycles. The molecule has 176 valence electrons. The molecule has 0 radical (unpaired) electrons. The Balaban J connectivity index is 1.57. The summed E-state index contributed by atoms with van der Waals surface area (Å²) in [6.45, 7) is 11.0. The molecule has 0 bridgehead atoms. The largest absolute Gasteiger partial charge is 0.437 e. The Morgan fingerprint density at radius 1 is 0.886 bits per heavy atom. The van der Waals surface area contributed by atoms with Crippen LogP contribution in [0.5, 0.6) is 0 Å². The molecule has 1 aliphatic rings. The summed E-state index contributed by atoms with van der Waals surface area (Å²) in [5, 5.41) is 2.16. The normalized spacial score (nSPS) is 15.6. The number of aryl methyl sites for hydroxylation is 2. The Morgan fingerprint density at radius 3 is 2.40 bits per heavy atom. The van der Waals surface area contributed by atoms with Crippen molar-refractivity contribution >= 4 is 39.3 Å². The number of pyridine rings is 2. The van der Waals surface area contributed by atoms with Gasteiger partial charge in [-0.2, -0.15) is 0 Å². The van der Waals surface area contributed by atoms with Gasteiger partial charge in [0.05, 0.1) is 18.3 Å². The summed E-state index contributed by atoms with van der Waals surface area (Å²) < 4.78 is 8.70. The van der Waals surface area contributed by atoms with E-state index in [-0.39, 0.29) is 6.17 Å². The first-order valence-corrected chi connectivity index (χ1v) is 12.3. The minimum atomic E-state index is 0.198. The van der Waals surface area contributed by atoms with Gasteiger partial charge < -0.3 is 9.32 Å². The Bertz CT molecular complexity index is 1600. The quantitative estimate of drug-likeness (QED) is 0.276. The SMILES string of the molecule is Cc1ccc2c(n1)oc1c(-c3cccc(N4c5ccccc5N(C(C)C)[C@H]4C)[n+]3C)c(C)ccc12. The van der Waals surface area contributed by atoms with Gasteiger partial charge >= 0.3 is 0 Å². The fraction of sp³-hybridized carbons (Fsp3) is 0.267. The maximum absolute atomic E-state index is 6.40. The summed E-state index contributed by atoms with van der Waals surface area (Å²) in [5.41, 5.74) is 8.47. The van der Waals surface area contributed by atoms with Crippen molar-refractivity contribution in [2.75, 3.05) is 9.80 Å². The van der Waals surface area contributed by atoms with E-state index in [1.165, 1.54) is 16.9 Å². The number of fused-ring (bicyclic) bond motifs is 4. The lowest BCUT2D eigenvalue weighted by molar-refractivity contribution is -0.647. The van der Waals surface area contributed by atoms with Crippen LogP contribution in [0.3, 0.4) is 0 Å². The first-order chi connectivity index (χ1) is 16.9. The van der Waals surface area contributed by atoms with Gasteiger partial charge in [0.15, 0.2) is 11.9 Å². The zero-order valence-electron chi connectivity index (χ0n) is 21.2. The van der Waals surface area contributed by atoms with E-state index in [0.717, 1.165) is 39.1 Å². The van der Waals surface area contributed by atoms with Crippen LogP contribution < -0.4 is 14.4 Å². The molecule has 1 atom stereocenters. The lowest BCUT2D eigenvalue weighted by Gasteiger charge is -2.29. The maximum atomic E-state index is 6.40. The van der Waals surface area contributed by atoms with Crippen molar-refractivity contribution in [2.24, 2.45) is 7.05 Å². The molecular weight excluding hydrogens is 432 g/mol. The van der Waals surface area contributed by atoms with Gasteiger partial charge in [0.25, 0.3) is 5.82 Å². The number of nitrogens with zero attached hydrogens (tertiary/aromatic N) is 4. The molecule has 1 aliphatic heterocycles. The van der Waals surface area contributed by atoms with Crippen molar-refractivity contribution in [3.63, 3.8) is 0 Å². The molecule has 35 heavy (non-hydrogen) atoms. The van der Waals surface area contributed by atoms with Crippen molar-refractivity contribution in [3.05, 3.63) is 78.0 Å². The van der Waals surface area contributed by atoms with Gasteiger partial charge in [0.2, 0.25) is 5.71 Å². The van der Waals surface area contributed by atoms with E-state index in [1.54, 1.807) is 0 Å². The molecule has 0 spiro atoms. The maximum Gasteiger partial charge on any atom is 0.283 e. The monoisotopic (exact) mass is 463 g/mol. The van der Waals surface area contributed by atoms with E-state index in [2.05, 4.69) is 115 Å². The molecule has 0 N–H and O–H groups in total. The van der Waals surface area contributed by atoms with E-state index in [0.29, 0.717) is 11.8 Å². The Morgan fingerprint density at radius 2 is 1.63 bits per heavy atom. The predicted molar refractivity (Wildman–Crippen MR) is 143 cm³/mol. The molecule has 4 heterocycles. The van der Waals surface area contributed by atoms with E-state index in [1.807, 2.05) is 13.0 Å². The summed E-state index contributed by atoms with van der Waals surface area (Å²) in [6, 6.07) is 24.1. The minimum absolute atomic E-state index is 0.198. The number of anilines is 3. The van der Waals surface area contributed by atoms with Gasteiger partial charge in [-0.1, -0.05) is 24.3 Å². The van der Waals surface area contributed by atoms with Gasteiger partial charge in [-0.25, -0.2) is 14.5 Å². The number of rotatable bonds is 3. The van der Waals surface area contributed by atoms with Crippen molar-refractivity contribution < 1.29 is 8.98 Å². The molecule has 0 unspecified atom stereocenters. The van der Waals surface area contributed by atoms with Gasteiger partial charge in [-0.15, -0.1) is 0 Å². The zero-order chi connectivity index (χ0) is 24.4. The highest BCUT2D eigenvalue weighted by Gasteiger charge is 2.42. The summed E-state index contributed by atoms with van der Waals surface area (Å²) in [5.74, 6) is 1.15. The molecule has 0 aliphatic carbocycles. The summed E-state index contributed by atoms with van der Waals surface area (Å²) in [6.07, 6.45) is 0.198. The van der Waals surface area contributed by atoms with Gasteiger partial charge in [-0.05, 0) is 76.6 Å². The molecule has 6 rings (SSSR count). The number of hydrogen-bond acceptors (Lipinski definition) is 4. The fourth-order valence-electron chi connectivity index (χ4n) is 5.73. The van der Waals surface area contributed by atoms with Gasteiger partial charge in [0.1, 0.15) is 11.3 Å². The molecule has 5 heteroatoms. The topological polar surface area (TPSA) is 36.4 Å². The van der Waals surface area contributed by atoms with E-state index in [4.69, 9.17) is 4.42 Å². The second kappa shape index (κ2) is 7.84. The average molecular weight is 464 g/mol. The highest BCUT2D eigenvalue weighted by atomic mass is 16.3. The van der Waals surface area contributed by atoms with Crippen molar-refractivity contribution in [1.29, 1.82) is 0 Å². The van der Waals surface area contributed by atoms with E-state index in [9.17, 15) is 0 Å². The van der Waals surface area contributed by atoms with Crippen LogP contribution in [-0.2, 0) is 7.05 Å². The molecule has 0 fully saturated rings. The molecule has 5 nitrogen and oxygen atoms in total. The summed E-state index contributed by atoms with van der Waals surface area (Å²) in [7, 11) is 2.15. The number of hydrogen-bond donors (Lipinski definition) is 0. The highest BCUT2D eigenvalue weighted by molar-refractivity contribution is 6.08. The Kier molecular flexibility index (Phi) is 4.85. The number of para-hydroxylation sites is 2. The third-order valence-electron chi connectivity index (χ3n) is 7.31. The lowest BCUT2D eigenvalue weighted by atomic mass is 10.0. The molecule has 5 aromatic rings. The molecule has 2 aromatic carbocycles. The van der Waals surface area contributed by atoms with Crippen LogP contribution >= 0.6 is 0 Å². The van der Waals surface area contributed by atoms with E-state index >= 15 is 0 Å². The van der Waals surface area contributed by atoms with Gasteiger partial charge in [-0.3, -0.25) is 0 Å². The van der Waals surface area contributed by atoms with Crippen LogP contribution in [0.4, 0.5) is 17.2 Å². The minimum Gasteiger partial charge on any atom is -0.437 e. The summed E-state index contributed by atoms with van der Waals surface area (Å²) >= 11 is 0. The smallest absolute Gasteiger partial charge is 0.283 e. The second-order valence-electron chi connectivity index (χ2n) is 9.86. The fourth-order valence-corrected chi connectivity index (χ4v) is 5.73. The standard InChI is InChI=1S/C30H31N4O/c1-18(2)33-21(5)34(25-11-8-7-10-24(25)33)27-13-9-12-26(32(27)6)28-19(3)14-16-22-23-17-15-20(4)31-30(23)35-29(22)28/h7-18,21H,1-6H3/q+1/t21-/m1/s1. The Hall–Kier alpha value is -3.86. The van der Waals surface area contributed by atoms with Crippen molar-refractivity contribution in [2.45, 2.75) is 46.8 Å². The van der Waals surface area contributed by atoms with E-state index < -0.39 is 0 Å². The average Bonchev–Trinajstić information content (AvgIpc) is 3.33. The summed E-state index contributed by atoms with van der Waals surface area (Å²) in [4.78, 5) is 9.58. The van der Waals surface area contributed by atoms with Crippen LogP contribution in [0.1, 0.15) is 32.0 Å². The van der Waals surface area contributed by atoms with Crippen molar-refractivity contribution in [1.82, 2.24) is 4.98 Å². The molecule has 0 amide bonds. The number of benzene rings is 2. The third kappa shape index (κ3) is 3.14. The first-order valence-electron chi connectivity index (χ1n) is 12.3. The molecular formula is C30H31N4O+. The van der Waals surface area contributed by atoms with Crippen LogP contribution in [0.25, 0.3) is 33.3 Å².